The molecule has 3 N–H and O–H groups in total. The molecule has 1 aliphatic heterocycles. The fraction of sp³-hybridized carbons (Fsp3) is 0.550. The van der Waals surface area contributed by atoms with Crippen LogP contribution in [0.5, 0.6) is 0 Å². The average molecular weight is 470 g/mol. The summed E-state index contributed by atoms with van der Waals surface area (Å²) < 4.78 is 27.7. The quantitative estimate of drug-likeness (QED) is 0.495. The van der Waals surface area contributed by atoms with Gasteiger partial charge in [-0.15, -0.1) is 5.10 Å². The Morgan fingerprint density at radius 2 is 1.84 bits per heavy atom. The van der Waals surface area contributed by atoms with Crippen LogP contribution in [0, 0.1) is 5.41 Å². The Hall–Kier alpha value is -1.95. The van der Waals surface area contributed by atoms with E-state index < -0.39 is 20.3 Å². The van der Waals surface area contributed by atoms with Crippen molar-refractivity contribution in [1.29, 1.82) is 0 Å². The molecule has 1 aromatic rings. The summed E-state index contributed by atoms with van der Waals surface area (Å²) in [5, 5.41) is 11.6. The molecule has 2 amide bonds. The second-order valence-electron chi connectivity index (χ2n) is 8.19. The first-order valence-corrected chi connectivity index (χ1v) is 12.5. The van der Waals surface area contributed by atoms with Crippen LogP contribution in [0.25, 0.3) is 0 Å². The van der Waals surface area contributed by atoms with Crippen molar-refractivity contribution in [3.05, 3.63) is 35.9 Å². The second-order valence-corrected chi connectivity index (χ2v) is 11.4. The molecular weight excluding hydrogens is 438 g/mol. The van der Waals surface area contributed by atoms with Crippen molar-refractivity contribution >= 4 is 38.8 Å². The van der Waals surface area contributed by atoms with E-state index in [1.54, 1.807) is 45.0 Å². The van der Waals surface area contributed by atoms with Gasteiger partial charge in [0.25, 0.3) is 0 Å². The molecular formula is C20H31N5O4S2. The SMILES string of the molecule is CCNCCS(=O)(=O)NCC1(c2ccccc2)SC(NC(=O)C(C)(C)C)=NN1C(C)=O. The Labute approximate surface area is 188 Å². The standard InChI is InChI=1S/C20H31N5O4S2/c1-6-21-12-13-31(28,29)22-14-20(16-10-8-7-9-11-16)25(15(2)26)24-18(30-20)23-17(27)19(3,4)5/h7-11,21-22H,6,12-14H2,1-5H3,(H,23,24,27). The number of thioether (sulfide) groups is 1. The van der Waals surface area contributed by atoms with Crippen LogP contribution in [0.2, 0.25) is 0 Å². The van der Waals surface area contributed by atoms with E-state index in [1.807, 2.05) is 13.0 Å². The van der Waals surface area contributed by atoms with Crippen molar-refractivity contribution in [2.75, 3.05) is 25.4 Å². The van der Waals surface area contributed by atoms with E-state index in [-0.39, 0.29) is 29.3 Å². The third-order valence-corrected chi connectivity index (χ3v) is 7.15. The number of hydrogen-bond donors (Lipinski definition) is 3. The van der Waals surface area contributed by atoms with Gasteiger partial charge in [0.05, 0.1) is 12.3 Å². The molecule has 0 bridgehead atoms. The Bertz CT molecular complexity index is 929. The third kappa shape index (κ3) is 6.52. The number of nitrogens with one attached hydrogen (secondary N) is 3. The summed E-state index contributed by atoms with van der Waals surface area (Å²) in [6, 6.07) is 9.06. The zero-order chi connectivity index (χ0) is 23.3. The zero-order valence-corrected chi connectivity index (χ0v) is 20.2. The Morgan fingerprint density at radius 3 is 2.39 bits per heavy atom. The summed E-state index contributed by atoms with van der Waals surface area (Å²) in [5.41, 5.74) is 0.0315. The average Bonchev–Trinajstić information content (AvgIpc) is 3.06. The van der Waals surface area contributed by atoms with E-state index in [1.165, 1.54) is 11.9 Å². The predicted octanol–water partition coefficient (Wildman–Crippen LogP) is 1.40. The van der Waals surface area contributed by atoms with Gasteiger partial charge in [0.1, 0.15) is 0 Å². The number of sulfonamides is 1. The van der Waals surface area contributed by atoms with E-state index in [2.05, 4.69) is 20.5 Å². The van der Waals surface area contributed by atoms with Crippen LogP contribution < -0.4 is 15.4 Å². The van der Waals surface area contributed by atoms with Crippen LogP contribution in [0.15, 0.2) is 35.4 Å². The van der Waals surface area contributed by atoms with E-state index >= 15 is 0 Å². The summed E-state index contributed by atoms with van der Waals surface area (Å²) in [6.07, 6.45) is 0. The molecule has 0 aliphatic carbocycles. The van der Waals surface area contributed by atoms with E-state index in [4.69, 9.17) is 0 Å². The number of carbonyl (C=O) groups excluding carboxylic acids is 2. The Morgan fingerprint density at radius 1 is 1.19 bits per heavy atom. The second kappa shape index (κ2) is 10.1. The van der Waals surface area contributed by atoms with Gasteiger partial charge in [0.2, 0.25) is 21.8 Å². The summed E-state index contributed by atoms with van der Waals surface area (Å²) in [6.45, 7) is 9.45. The highest BCUT2D eigenvalue weighted by Gasteiger charge is 2.48. The first-order chi connectivity index (χ1) is 14.4. The lowest BCUT2D eigenvalue weighted by atomic mass is 9.96. The lowest BCUT2D eigenvalue weighted by Gasteiger charge is -2.35. The van der Waals surface area contributed by atoms with Crippen LogP contribution in [-0.4, -0.2) is 55.8 Å². The van der Waals surface area contributed by atoms with E-state index in [9.17, 15) is 18.0 Å². The maximum Gasteiger partial charge on any atom is 0.241 e. The van der Waals surface area contributed by atoms with Gasteiger partial charge in [0, 0.05) is 18.9 Å². The van der Waals surface area contributed by atoms with Crippen LogP contribution in [0.3, 0.4) is 0 Å². The highest BCUT2D eigenvalue weighted by atomic mass is 32.2. The highest BCUT2D eigenvalue weighted by Crippen LogP contribution is 2.45. The Kier molecular flexibility index (Phi) is 8.26. The number of benzene rings is 1. The largest absolute Gasteiger partial charge is 0.316 e. The van der Waals surface area contributed by atoms with Crippen LogP contribution in [-0.2, 0) is 24.5 Å². The summed E-state index contributed by atoms with van der Waals surface area (Å²) in [7, 11) is -3.60. The van der Waals surface area contributed by atoms with Gasteiger partial charge in [-0.1, -0.05) is 58.0 Å². The molecule has 0 fully saturated rings. The van der Waals surface area contributed by atoms with Gasteiger partial charge < -0.3 is 10.6 Å². The molecule has 1 aliphatic rings. The number of carbonyl (C=O) groups is 2. The third-order valence-electron chi connectivity index (χ3n) is 4.55. The lowest BCUT2D eigenvalue weighted by Crippen LogP contribution is -2.49. The molecule has 0 aromatic heterocycles. The first-order valence-electron chi connectivity index (χ1n) is 10.0. The molecule has 0 radical (unpaired) electrons. The van der Waals surface area contributed by atoms with Crippen LogP contribution >= 0.6 is 11.8 Å². The predicted molar refractivity (Wildman–Crippen MR) is 124 cm³/mol. The van der Waals surface area contributed by atoms with Gasteiger partial charge in [0.15, 0.2) is 10.0 Å². The first kappa shape index (κ1) is 25.3. The molecule has 11 heteroatoms. The highest BCUT2D eigenvalue weighted by molar-refractivity contribution is 8.14. The maximum atomic E-state index is 12.5. The van der Waals surface area contributed by atoms with Crippen molar-refractivity contribution in [2.24, 2.45) is 10.5 Å². The molecule has 2 rings (SSSR count). The summed E-state index contributed by atoms with van der Waals surface area (Å²) >= 11 is 1.14. The van der Waals surface area contributed by atoms with Gasteiger partial charge >= 0.3 is 0 Å². The monoisotopic (exact) mass is 469 g/mol. The Balaban J connectivity index is 2.36. The minimum atomic E-state index is -3.60. The minimum absolute atomic E-state index is 0.0923. The summed E-state index contributed by atoms with van der Waals surface area (Å²) in [5.74, 6) is -0.717. The fourth-order valence-electron chi connectivity index (χ4n) is 2.81. The zero-order valence-electron chi connectivity index (χ0n) is 18.6. The van der Waals surface area contributed by atoms with Crippen molar-refractivity contribution in [1.82, 2.24) is 20.4 Å². The van der Waals surface area contributed by atoms with E-state index in [0.29, 0.717) is 18.7 Å². The topological polar surface area (TPSA) is 120 Å². The van der Waals surface area contributed by atoms with Crippen molar-refractivity contribution < 1.29 is 18.0 Å². The van der Waals surface area contributed by atoms with Crippen molar-refractivity contribution in [2.45, 2.75) is 39.5 Å². The summed E-state index contributed by atoms with van der Waals surface area (Å²) in [4.78, 5) is 23.8. The van der Waals surface area contributed by atoms with Gasteiger partial charge in [-0.3, -0.25) is 9.59 Å². The molecule has 0 saturated heterocycles. The number of amides is 2. The smallest absolute Gasteiger partial charge is 0.241 e. The molecule has 1 heterocycles. The fourth-order valence-corrected chi connectivity index (χ4v) is 5.13. The number of amidine groups is 1. The molecule has 172 valence electrons. The minimum Gasteiger partial charge on any atom is -0.316 e. The molecule has 1 unspecified atom stereocenters. The molecule has 0 spiro atoms. The number of hydrazone groups is 1. The molecule has 31 heavy (non-hydrogen) atoms. The maximum absolute atomic E-state index is 12.5. The van der Waals surface area contributed by atoms with Gasteiger partial charge in [-0.25, -0.2) is 18.1 Å². The lowest BCUT2D eigenvalue weighted by molar-refractivity contribution is -0.132. The van der Waals surface area contributed by atoms with Crippen LogP contribution in [0.1, 0.15) is 40.2 Å². The van der Waals surface area contributed by atoms with Gasteiger partial charge in [-0.05, 0) is 23.9 Å². The molecule has 9 nitrogen and oxygen atoms in total. The molecule has 0 saturated carbocycles. The van der Waals surface area contributed by atoms with Crippen molar-refractivity contribution in [3.63, 3.8) is 0 Å². The number of rotatable bonds is 8. The van der Waals surface area contributed by atoms with Gasteiger partial charge in [-0.2, -0.15) is 0 Å². The van der Waals surface area contributed by atoms with Crippen LogP contribution in [0.4, 0.5) is 0 Å². The van der Waals surface area contributed by atoms with Crippen molar-refractivity contribution in [3.8, 4) is 0 Å². The normalized spacial score (nSPS) is 19.3. The van der Waals surface area contributed by atoms with E-state index in [0.717, 1.165) is 11.8 Å². The molecule has 1 aromatic carbocycles. The number of hydrogen-bond acceptors (Lipinski definition) is 7. The number of nitrogens with zero attached hydrogens (tertiary/aromatic N) is 2. The molecule has 1 atom stereocenters.